The smallest absolute Gasteiger partial charge is 0.294 e. The third-order valence-corrected chi connectivity index (χ3v) is 6.27. The first-order valence-corrected chi connectivity index (χ1v) is 12.2. The van der Waals surface area contributed by atoms with Crippen molar-refractivity contribution in [3.63, 3.8) is 0 Å². The van der Waals surface area contributed by atoms with Crippen molar-refractivity contribution in [1.29, 1.82) is 0 Å². The van der Waals surface area contributed by atoms with Gasteiger partial charge in [0.25, 0.3) is 11.1 Å². The summed E-state index contributed by atoms with van der Waals surface area (Å²) in [6.45, 7) is 4.20. The normalized spacial score (nSPS) is 14.3. The minimum Gasteiger partial charge on any atom is -0.490 e. The molecule has 1 N–H and O–H groups in total. The van der Waals surface area contributed by atoms with Gasteiger partial charge in [-0.05, 0) is 78.7 Å². The molecule has 1 aliphatic rings. The number of carbonyl (C=O) groups is 3. The van der Waals surface area contributed by atoms with Crippen molar-refractivity contribution in [3.05, 3.63) is 94.4 Å². The minimum absolute atomic E-state index is 0.254. The molecule has 1 saturated heterocycles. The number of imide groups is 1. The summed E-state index contributed by atoms with van der Waals surface area (Å²) in [5, 5.41) is 2.31. The zero-order valence-corrected chi connectivity index (χ0v) is 20.8. The number of carbonyl (C=O) groups excluding carboxylic acids is 3. The number of benzene rings is 3. The average molecular weight is 503 g/mol. The number of thioether (sulfide) groups is 1. The second-order valence-corrected chi connectivity index (χ2v) is 9.21. The Bertz CT molecular complexity index is 1310. The fourth-order valence-electron chi connectivity index (χ4n) is 3.52. The lowest BCUT2D eigenvalue weighted by molar-refractivity contribution is -0.127. The SMILES string of the molecule is Cc1ccc(C)c(NC(=O)CN2C(=O)S/C(=C/c3cccc(OCCOc4ccccc4)c3)C2=O)c1. The van der Waals surface area contributed by atoms with Gasteiger partial charge in [0.2, 0.25) is 5.91 Å². The number of aryl methyl sites for hydroxylation is 2. The summed E-state index contributed by atoms with van der Waals surface area (Å²) in [7, 11) is 0. The molecule has 1 aliphatic heterocycles. The predicted molar refractivity (Wildman–Crippen MR) is 141 cm³/mol. The van der Waals surface area contributed by atoms with Crippen LogP contribution in [0.2, 0.25) is 0 Å². The molecule has 0 bridgehead atoms. The Kier molecular flexibility index (Phi) is 8.07. The van der Waals surface area contributed by atoms with Crippen LogP contribution in [0.25, 0.3) is 6.08 Å². The average Bonchev–Trinajstić information content (AvgIpc) is 3.12. The van der Waals surface area contributed by atoms with Crippen molar-refractivity contribution in [2.45, 2.75) is 13.8 Å². The van der Waals surface area contributed by atoms with Gasteiger partial charge in [0.1, 0.15) is 31.3 Å². The molecule has 36 heavy (non-hydrogen) atoms. The van der Waals surface area contributed by atoms with Gasteiger partial charge in [-0.1, -0.05) is 42.5 Å². The van der Waals surface area contributed by atoms with Crippen LogP contribution < -0.4 is 14.8 Å². The fourth-order valence-corrected chi connectivity index (χ4v) is 4.36. The summed E-state index contributed by atoms with van der Waals surface area (Å²) in [6, 6.07) is 22.4. The summed E-state index contributed by atoms with van der Waals surface area (Å²) in [6.07, 6.45) is 1.63. The second kappa shape index (κ2) is 11.6. The molecule has 3 aromatic rings. The van der Waals surface area contributed by atoms with Gasteiger partial charge in [-0.3, -0.25) is 19.3 Å². The molecule has 0 radical (unpaired) electrons. The molecule has 0 atom stereocenters. The van der Waals surface area contributed by atoms with Crippen molar-refractivity contribution in [2.75, 3.05) is 25.1 Å². The molecule has 0 saturated carbocycles. The van der Waals surface area contributed by atoms with Crippen molar-refractivity contribution in [2.24, 2.45) is 0 Å². The third-order valence-electron chi connectivity index (χ3n) is 5.36. The Morgan fingerprint density at radius 2 is 1.64 bits per heavy atom. The Balaban J connectivity index is 1.34. The van der Waals surface area contributed by atoms with Crippen molar-refractivity contribution in [3.8, 4) is 11.5 Å². The third kappa shape index (κ3) is 6.55. The van der Waals surface area contributed by atoms with Crippen LogP contribution in [-0.4, -0.2) is 41.7 Å². The van der Waals surface area contributed by atoms with E-state index in [-0.39, 0.29) is 11.4 Å². The number of rotatable bonds is 9. The van der Waals surface area contributed by atoms with E-state index in [9.17, 15) is 14.4 Å². The van der Waals surface area contributed by atoms with Crippen LogP contribution in [0.5, 0.6) is 11.5 Å². The molecular formula is C28H26N2O5S. The number of para-hydroxylation sites is 1. The zero-order valence-electron chi connectivity index (χ0n) is 20.0. The molecule has 4 rings (SSSR count). The number of amides is 3. The first-order chi connectivity index (χ1) is 17.4. The van der Waals surface area contributed by atoms with Gasteiger partial charge in [0, 0.05) is 5.69 Å². The van der Waals surface area contributed by atoms with Crippen LogP contribution in [-0.2, 0) is 9.59 Å². The van der Waals surface area contributed by atoms with E-state index in [1.165, 1.54) is 0 Å². The highest BCUT2D eigenvalue weighted by Crippen LogP contribution is 2.32. The fraction of sp³-hybridized carbons (Fsp3) is 0.179. The maximum atomic E-state index is 12.8. The number of hydrogen-bond acceptors (Lipinski definition) is 6. The predicted octanol–water partition coefficient (Wildman–Crippen LogP) is 5.44. The highest BCUT2D eigenvalue weighted by atomic mass is 32.2. The van der Waals surface area contributed by atoms with Gasteiger partial charge in [-0.15, -0.1) is 0 Å². The topological polar surface area (TPSA) is 84.9 Å². The number of nitrogens with zero attached hydrogens (tertiary/aromatic N) is 1. The van der Waals surface area contributed by atoms with Gasteiger partial charge in [-0.2, -0.15) is 0 Å². The molecule has 0 aliphatic carbocycles. The molecule has 1 heterocycles. The van der Waals surface area contributed by atoms with E-state index in [4.69, 9.17) is 9.47 Å². The highest BCUT2D eigenvalue weighted by Gasteiger charge is 2.36. The van der Waals surface area contributed by atoms with Crippen LogP contribution in [0.15, 0.2) is 77.7 Å². The summed E-state index contributed by atoms with van der Waals surface area (Å²) < 4.78 is 11.4. The number of anilines is 1. The molecule has 0 aromatic heterocycles. The van der Waals surface area contributed by atoms with Crippen molar-refractivity contribution < 1.29 is 23.9 Å². The van der Waals surface area contributed by atoms with E-state index < -0.39 is 17.1 Å². The van der Waals surface area contributed by atoms with Gasteiger partial charge in [0.05, 0.1) is 4.91 Å². The lowest BCUT2D eigenvalue weighted by Crippen LogP contribution is -2.36. The zero-order chi connectivity index (χ0) is 25.5. The lowest BCUT2D eigenvalue weighted by Gasteiger charge is -2.14. The first kappa shape index (κ1) is 25.1. The Hall–Kier alpha value is -4.04. The van der Waals surface area contributed by atoms with E-state index in [2.05, 4.69) is 5.32 Å². The van der Waals surface area contributed by atoms with Crippen molar-refractivity contribution in [1.82, 2.24) is 4.90 Å². The van der Waals surface area contributed by atoms with Gasteiger partial charge in [-0.25, -0.2) is 0 Å². The monoisotopic (exact) mass is 502 g/mol. The van der Waals surface area contributed by atoms with Crippen LogP contribution in [0, 0.1) is 13.8 Å². The summed E-state index contributed by atoms with van der Waals surface area (Å²) in [4.78, 5) is 39.1. The minimum atomic E-state index is -0.497. The number of ether oxygens (including phenoxy) is 2. The Morgan fingerprint density at radius 3 is 2.42 bits per heavy atom. The molecule has 0 unspecified atom stereocenters. The van der Waals surface area contributed by atoms with Crippen LogP contribution in [0.1, 0.15) is 16.7 Å². The maximum Gasteiger partial charge on any atom is 0.294 e. The van der Waals surface area contributed by atoms with Gasteiger partial charge >= 0.3 is 0 Å². The van der Waals surface area contributed by atoms with E-state index in [0.717, 1.165) is 33.5 Å². The van der Waals surface area contributed by atoms with Gasteiger partial charge < -0.3 is 14.8 Å². The number of hydrogen-bond donors (Lipinski definition) is 1. The summed E-state index contributed by atoms with van der Waals surface area (Å²) in [5.74, 6) is 0.463. The lowest BCUT2D eigenvalue weighted by atomic mass is 10.1. The highest BCUT2D eigenvalue weighted by molar-refractivity contribution is 8.18. The van der Waals surface area contributed by atoms with Crippen LogP contribution in [0.3, 0.4) is 0 Å². The van der Waals surface area contributed by atoms with Crippen LogP contribution >= 0.6 is 11.8 Å². The van der Waals surface area contributed by atoms with E-state index in [1.807, 2.05) is 74.5 Å². The molecular weight excluding hydrogens is 476 g/mol. The molecule has 3 amide bonds. The van der Waals surface area contributed by atoms with E-state index >= 15 is 0 Å². The molecule has 8 heteroatoms. The molecule has 7 nitrogen and oxygen atoms in total. The largest absolute Gasteiger partial charge is 0.490 e. The van der Waals surface area contributed by atoms with Gasteiger partial charge in [0.15, 0.2) is 0 Å². The van der Waals surface area contributed by atoms with E-state index in [1.54, 1.807) is 18.2 Å². The number of nitrogens with one attached hydrogen (secondary N) is 1. The first-order valence-electron chi connectivity index (χ1n) is 11.4. The Labute approximate surface area is 214 Å². The maximum absolute atomic E-state index is 12.8. The molecule has 3 aromatic carbocycles. The molecule has 0 spiro atoms. The quantitative estimate of drug-likeness (QED) is 0.310. The molecule has 184 valence electrons. The Morgan fingerprint density at radius 1 is 0.917 bits per heavy atom. The second-order valence-electron chi connectivity index (χ2n) is 8.22. The molecule has 1 fully saturated rings. The summed E-state index contributed by atoms with van der Waals surface area (Å²) in [5.41, 5.74) is 3.27. The van der Waals surface area contributed by atoms with Crippen LogP contribution in [0.4, 0.5) is 10.5 Å². The standard InChI is InChI=1S/C28H26N2O5S/c1-19-11-12-20(2)24(15-19)29-26(31)18-30-27(32)25(36-28(30)33)17-21-7-6-10-23(16-21)35-14-13-34-22-8-4-3-5-9-22/h3-12,15-17H,13-14,18H2,1-2H3,(H,29,31)/b25-17+. The van der Waals surface area contributed by atoms with E-state index in [0.29, 0.717) is 30.2 Å². The van der Waals surface area contributed by atoms with Crippen molar-refractivity contribution >= 4 is 40.6 Å². The summed E-state index contributed by atoms with van der Waals surface area (Å²) >= 11 is 0.813.